The van der Waals surface area contributed by atoms with Crippen LogP contribution < -0.4 is 11.1 Å². The van der Waals surface area contributed by atoms with Gasteiger partial charge in [0.2, 0.25) is 0 Å². The number of nitrogens with one attached hydrogen (secondary N) is 1. The quantitative estimate of drug-likeness (QED) is 0.411. The number of benzene rings is 2. The standard InChI is InChI=1S/C26H31N5O3/c1-5-33-16-21-30-22-23(19-8-6-7-9-20(19)29-24(22)27)31(21)15-18-12-10-17(11-13-18)14-28-25(32)34-26(2,3)4/h6-13H,5,14-16H2,1-4H3,(H2,27,29)(H,28,32). The van der Waals surface area contributed by atoms with Crippen LogP contribution in [0.15, 0.2) is 48.5 Å². The molecule has 0 radical (unpaired) electrons. The number of nitrogen functional groups attached to an aromatic ring is 1. The highest BCUT2D eigenvalue weighted by Crippen LogP contribution is 2.29. The molecule has 0 atom stereocenters. The summed E-state index contributed by atoms with van der Waals surface area (Å²) in [5.41, 5.74) is 10.3. The third kappa shape index (κ3) is 5.28. The normalized spacial score (nSPS) is 11.8. The zero-order valence-electron chi connectivity index (χ0n) is 20.1. The average molecular weight is 462 g/mol. The number of fused-ring (bicyclic) bond motifs is 3. The number of rotatable bonds is 7. The van der Waals surface area contributed by atoms with E-state index in [9.17, 15) is 4.79 Å². The maximum absolute atomic E-state index is 11.9. The Labute approximate surface area is 199 Å². The molecular weight excluding hydrogens is 430 g/mol. The van der Waals surface area contributed by atoms with Crippen molar-refractivity contribution in [3.8, 4) is 0 Å². The van der Waals surface area contributed by atoms with Crippen molar-refractivity contribution in [1.82, 2.24) is 19.9 Å². The second-order valence-electron chi connectivity index (χ2n) is 9.13. The molecule has 0 fully saturated rings. The number of aromatic nitrogens is 3. The molecule has 178 valence electrons. The van der Waals surface area contributed by atoms with Crippen LogP contribution >= 0.6 is 0 Å². The Morgan fingerprint density at radius 2 is 1.76 bits per heavy atom. The fourth-order valence-electron chi connectivity index (χ4n) is 3.81. The van der Waals surface area contributed by atoms with Gasteiger partial charge in [-0.2, -0.15) is 0 Å². The van der Waals surface area contributed by atoms with E-state index in [-0.39, 0.29) is 0 Å². The fourth-order valence-corrected chi connectivity index (χ4v) is 3.81. The van der Waals surface area contributed by atoms with E-state index in [0.717, 1.165) is 33.4 Å². The third-order valence-electron chi connectivity index (χ3n) is 5.32. The van der Waals surface area contributed by atoms with Gasteiger partial charge in [-0.1, -0.05) is 42.5 Å². The Kier molecular flexibility index (Phi) is 6.70. The number of pyridine rings is 1. The molecule has 1 amide bonds. The maximum atomic E-state index is 11.9. The molecule has 0 unspecified atom stereocenters. The Bertz CT molecular complexity index is 1310. The van der Waals surface area contributed by atoms with Crippen molar-refractivity contribution in [1.29, 1.82) is 0 Å². The molecule has 0 aliphatic rings. The lowest BCUT2D eigenvalue weighted by molar-refractivity contribution is 0.0523. The second-order valence-corrected chi connectivity index (χ2v) is 9.13. The van der Waals surface area contributed by atoms with Gasteiger partial charge >= 0.3 is 6.09 Å². The summed E-state index contributed by atoms with van der Waals surface area (Å²) in [4.78, 5) is 21.2. The minimum atomic E-state index is -0.524. The monoisotopic (exact) mass is 461 g/mol. The molecule has 0 aliphatic heterocycles. The summed E-state index contributed by atoms with van der Waals surface area (Å²) in [6, 6.07) is 16.0. The van der Waals surface area contributed by atoms with Crippen LogP contribution in [0.1, 0.15) is 44.6 Å². The highest BCUT2D eigenvalue weighted by atomic mass is 16.6. The number of nitrogens with two attached hydrogens (primary N) is 1. The highest BCUT2D eigenvalue weighted by Gasteiger charge is 2.18. The van der Waals surface area contributed by atoms with E-state index >= 15 is 0 Å². The van der Waals surface area contributed by atoms with E-state index in [2.05, 4.69) is 27.0 Å². The van der Waals surface area contributed by atoms with Gasteiger partial charge in [-0.25, -0.2) is 14.8 Å². The number of hydrogen-bond donors (Lipinski definition) is 2. The minimum absolute atomic E-state index is 0.386. The molecule has 4 aromatic rings. The number of imidazole rings is 1. The van der Waals surface area contributed by atoms with E-state index in [4.69, 9.17) is 20.2 Å². The van der Waals surface area contributed by atoms with Crippen molar-refractivity contribution in [2.45, 2.75) is 53.0 Å². The Balaban J connectivity index is 1.61. The molecule has 8 heteroatoms. The van der Waals surface area contributed by atoms with Crippen molar-refractivity contribution in [3.05, 3.63) is 65.5 Å². The number of hydrogen-bond acceptors (Lipinski definition) is 6. The lowest BCUT2D eigenvalue weighted by Crippen LogP contribution is -2.32. The Morgan fingerprint density at radius 3 is 2.47 bits per heavy atom. The van der Waals surface area contributed by atoms with Gasteiger partial charge in [0.25, 0.3) is 0 Å². The van der Waals surface area contributed by atoms with E-state index in [0.29, 0.717) is 37.6 Å². The summed E-state index contributed by atoms with van der Waals surface area (Å²) < 4.78 is 13.1. The Hall–Kier alpha value is -3.65. The SMILES string of the molecule is CCOCc1nc2c(N)nc3ccccc3c2n1Cc1ccc(CNC(=O)OC(C)(C)C)cc1. The summed E-state index contributed by atoms with van der Waals surface area (Å²) >= 11 is 0. The summed E-state index contributed by atoms with van der Waals surface area (Å²) in [5, 5.41) is 3.79. The molecule has 0 saturated heterocycles. The largest absolute Gasteiger partial charge is 0.444 e. The number of amides is 1. The van der Waals surface area contributed by atoms with Crippen LogP contribution in [0.5, 0.6) is 0 Å². The summed E-state index contributed by atoms with van der Waals surface area (Å²) in [5.74, 6) is 1.21. The first-order chi connectivity index (χ1) is 16.2. The lowest BCUT2D eigenvalue weighted by atomic mass is 10.1. The molecule has 2 aromatic heterocycles. The summed E-state index contributed by atoms with van der Waals surface area (Å²) in [6.07, 6.45) is -0.430. The van der Waals surface area contributed by atoms with Crippen LogP contribution in [0.3, 0.4) is 0 Å². The molecule has 0 aliphatic carbocycles. The van der Waals surface area contributed by atoms with Gasteiger partial charge < -0.3 is 25.1 Å². The van der Waals surface area contributed by atoms with Gasteiger partial charge in [0.05, 0.1) is 11.0 Å². The first-order valence-electron chi connectivity index (χ1n) is 11.4. The van der Waals surface area contributed by atoms with Gasteiger partial charge in [0.1, 0.15) is 23.5 Å². The third-order valence-corrected chi connectivity index (χ3v) is 5.32. The number of carbonyl (C=O) groups is 1. The minimum Gasteiger partial charge on any atom is -0.444 e. The molecule has 0 spiro atoms. The van der Waals surface area contributed by atoms with Crippen LogP contribution in [0.4, 0.5) is 10.6 Å². The number of alkyl carbamates (subject to hydrolysis) is 1. The molecule has 34 heavy (non-hydrogen) atoms. The van der Waals surface area contributed by atoms with Gasteiger partial charge in [-0.3, -0.25) is 0 Å². The average Bonchev–Trinajstić information content (AvgIpc) is 3.15. The fraction of sp³-hybridized carbons (Fsp3) is 0.346. The van der Waals surface area contributed by atoms with E-state index in [1.54, 1.807) is 0 Å². The number of para-hydroxylation sites is 1. The summed E-state index contributed by atoms with van der Waals surface area (Å²) in [7, 11) is 0. The zero-order valence-corrected chi connectivity index (χ0v) is 20.1. The van der Waals surface area contributed by atoms with E-state index in [1.165, 1.54) is 0 Å². The van der Waals surface area contributed by atoms with E-state index in [1.807, 2.05) is 64.1 Å². The molecule has 0 saturated carbocycles. The van der Waals surface area contributed by atoms with Crippen molar-refractivity contribution in [2.24, 2.45) is 0 Å². The molecule has 2 aromatic carbocycles. The molecular formula is C26H31N5O3. The van der Waals surface area contributed by atoms with Crippen LogP contribution in [-0.2, 0) is 29.2 Å². The first-order valence-corrected chi connectivity index (χ1v) is 11.4. The molecule has 4 rings (SSSR count). The highest BCUT2D eigenvalue weighted by molar-refractivity contribution is 6.06. The second kappa shape index (κ2) is 9.69. The van der Waals surface area contributed by atoms with Gasteiger partial charge in [-0.05, 0) is 44.9 Å². The number of carbonyl (C=O) groups excluding carboxylic acids is 1. The van der Waals surface area contributed by atoms with Crippen molar-refractivity contribution in [2.75, 3.05) is 12.3 Å². The van der Waals surface area contributed by atoms with Crippen LogP contribution in [0, 0.1) is 0 Å². The number of nitrogens with zero attached hydrogens (tertiary/aromatic N) is 3. The first kappa shape index (κ1) is 23.5. The number of anilines is 1. The maximum Gasteiger partial charge on any atom is 0.407 e. The van der Waals surface area contributed by atoms with Gasteiger partial charge in [-0.15, -0.1) is 0 Å². The number of ether oxygens (including phenoxy) is 2. The smallest absolute Gasteiger partial charge is 0.407 e. The van der Waals surface area contributed by atoms with Crippen LogP contribution in [-0.4, -0.2) is 32.8 Å². The van der Waals surface area contributed by atoms with Crippen molar-refractivity contribution < 1.29 is 14.3 Å². The van der Waals surface area contributed by atoms with Gasteiger partial charge in [0.15, 0.2) is 5.82 Å². The predicted octanol–water partition coefficient (Wildman–Crippen LogP) is 4.78. The lowest BCUT2D eigenvalue weighted by Gasteiger charge is -2.19. The summed E-state index contributed by atoms with van der Waals surface area (Å²) in [6.45, 7) is 9.46. The molecule has 8 nitrogen and oxygen atoms in total. The molecule has 0 bridgehead atoms. The predicted molar refractivity (Wildman–Crippen MR) is 133 cm³/mol. The van der Waals surface area contributed by atoms with Crippen molar-refractivity contribution in [3.63, 3.8) is 0 Å². The van der Waals surface area contributed by atoms with E-state index < -0.39 is 11.7 Å². The van der Waals surface area contributed by atoms with Gasteiger partial charge in [0, 0.05) is 25.1 Å². The van der Waals surface area contributed by atoms with Crippen molar-refractivity contribution >= 4 is 33.8 Å². The van der Waals surface area contributed by atoms with Crippen LogP contribution in [0.2, 0.25) is 0 Å². The molecule has 2 heterocycles. The Morgan fingerprint density at radius 1 is 1.06 bits per heavy atom. The molecule has 3 N–H and O–H groups in total. The zero-order chi connectivity index (χ0) is 24.3. The topological polar surface area (TPSA) is 104 Å². The van der Waals surface area contributed by atoms with Crippen LogP contribution in [0.25, 0.3) is 21.9 Å².